The van der Waals surface area contributed by atoms with Crippen LogP contribution in [0.15, 0.2) is 51.8 Å². The summed E-state index contributed by atoms with van der Waals surface area (Å²) < 4.78 is 35.3. The Morgan fingerprint density at radius 3 is 2.50 bits per heavy atom. The Bertz CT molecular complexity index is 1450. The van der Waals surface area contributed by atoms with Crippen LogP contribution in [-0.2, 0) is 0 Å². The normalized spacial score (nSPS) is 14.8. The predicted molar refractivity (Wildman–Crippen MR) is 125 cm³/mol. The molecule has 5 rings (SSSR count). The lowest BCUT2D eigenvalue weighted by molar-refractivity contribution is 0.143. The molecule has 0 bridgehead atoms. The summed E-state index contributed by atoms with van der Waals surface area (Å²) >= 11 is 5.84. The first-order chi connectivity index (χ1) is 16.1. The number of alkyl halides is 1. The van der Waals surface area contributed by atoms with Gasteiger partial charge in [0.05, 0.1) is 18.1 Å². The lowest BCUT2D eigenvalue weighted by atomic mass is 9.99. The summed E-state index contributed by atoms with van der Waals surface area (Å²) in [6, 6.07) is 9.50. The van der Waals surface area contributed by atoms with Gasteiger partial charge in [-0.05, 0) is 62.7 Å². The summed E-state index contributed by atoms with van der Waals surface area (Å²) in [4.78, 5) is 27.7. The highest BCUT2D eigenvalue weighted by atomic mass is 35.5. The minimum absolute atomic E-state index is 0.0430. The first-order valence-corrected chi connectivity index (χ1v) is 10.9. The van der Waals surface area contributed by atoms with Crippen molar-refractivity contribution in [2.45, 2.75) is 26.4 Å². The van der Waals surface area contributed by atoms with Crippen LogP contribution in [0.3, 0.4) is 0 Å². The van der Waals surface area contributed by atoms with Crippen molar-refractivity contribution in [2.24, 2.45) is 0 Å². The highest BCUT2D eigenvalue weighted by Gasteiger charge is 2.39. The monoisotopic (exact) mass is 483 g/mol. The van der Waals surface area contributed by atoms with Gasteiger partial charge >= 0.3 is 5.69 Å². The maximum atomic E-state index is 14.2. The van der Waals surface area contributed by atoms with Gasteiger partial charge in [0.25, 0.3) is 0 Å². The van der Waals surface area contributed by atoms with Crippen molar-refractivity contribution in [3.63, 3.8) is 0 Å². The Labute approximate surface area is 198 Å². The molecule has 0 saturated carbocycles. The van der Waals surface area contributed by atoms with Gasteiger partial charge in [0, 0.05) is 17.5 Å². The van der Waals surface area contributed by atoms with Gasteiger partial charge in [-0.3, -0.25) is 0 Å². The van der Waals surface area contributed by atoms with Crippen LogP contribution < -0.4 is 10.6 Å². The smallest absolute Gasteiger partial charge is 0.355 e. The molecule has 0 unspecified atom stereocenters. The number of benzene rings is 1. The largest absolute Gasteiger partial charge is 0.432 e. The lowest BCUT2D eigenvalue weighted by Gasteiger charge is -2.42. The van der Waals surface area contributed by atoms with Crippen molar-refractivity contribution in [3.8, 4) is 28.7 Å². The molecule has 10 heteroatoms. The number of aromatic nitrogens is 4. The number of nitrogens with zero attached hydrogens (tertiary/aromatic N) is 5. The summed E-state index contributed by atoms with van der Waals surface area (Å²) in [6.07, 6.45) is 1.49. The molecule has 1 aliphatic rings. The zero-order valence-electron chi connectivity index (χ0n) is 18.6. The SMILES string of the molecule is Cc1cc(C)nc(-c2nc(-n3ccc(N4CC(C)(F)C4)nc3=O)c(-c3ccc(Cl)c(F)c3)o2)c1. The maximum absolute atomic E-state index is 14.2. The van der Waals surface area contributed by atoms with Crippen LogP contribution in [0.5, 0.6) is 0 Å². The minimum atomic E-state index is -1.30. The molecular formula is C24H20ClF2N5O2. The van der Waals surface area contributed by atoms with Gasteiger partial charge in [-0.2, -0.15) is 9.97 Å². The molecule has 0 N–H and O–H groups in total. The number of anilines is 1. The van der Waals surface area contributed by atoms with Gasteiger partial charge in [0.1, 0.15) is 23.0 Å². The van der Waals surface area contributed by atoms with E-state index in [9.17, 15) is 13.6 Å². The zero-order valence-corrected chi connectivity index (χ0v) is 19.4. The van der Waals surface area contributed by atoms with Crippen molar-refractivity contribution in [3.05, 3.63) is 75.2 Å². The summed E-state index contributed by atoms with van der Waals surface area (Å²) in [5.74, 6) is 0.179. The molecule has 1 fully saturated rings. The third-order valence-electron chi connectivity index (χ3n) is 5.49. The Morgan fingerprint density at radius 2 is 1.85 bits per heavy atom. The molecule has 4 aromatic rings. The number of aryl methyl sites for hydroxylation is 2. The van der Waals surface area contributed by atoms with Crippen LogP contribution in [0.2, 0.25) is 5.02 Å². The summed E-state index contributed by atoms with van der Waals surface area (Å²) in [5.41, 5.74) is 0.605. The quantitative estimate of drug-likeness (QED) is 0.410. The Morgan fingerprint density at radius 1 is 1.09 bits per heavy atom. The van der Waals surface area contributed by atoms with Gasteiger partial charge in [-0.1, -0.05) is 11.6 Å². The lowest BCUT2D eigenvalue weighted by Crippen LogP contribution is -2.57. The van der Waals surface area contributed by atoms with E-state index >= 15 is 0 Å². The van der Waals surface area contributed by atoms with Gasteiger partial charge in [0.2, 0.25) is 5.89 Å². The molecule has 1 aromatic carbocycles. The van der Waals surface area contributed by atoms with E-state index in [4.69, 9.17) is 16.0 Å². The number of oxazole rings is 1. The average Bonchev–Trinajstić information content (AvgIpc) is 3.18. The first kappa shape index (κ1) is 22.2. The van der Waals surface area contributed by atoms with Gasteiger partial charge < -0.3 is 9.32 Å². The zero-order chi connectivity index (χ0) is 24.2. The molecule has 1 aliphatic heterocycles. The van der Waals surface area contributed by atoms with Crippen molar-refractivity contribution in [2.75, 3.05) is 18.0 Å². The highest BCUT2D eigenvalue weighted by molar-refractivity contribution is 6.30. The number of pyridine rings is 1. The summed E-state index contributed by atoms with van der Waals surface area (Å²) in [6.45, 7) is 5.58. The van der Waals surface area contributed by atoms with E-state index in [0.717, 1.165) is 11.3 Å². The van der Waals surface area contributed by atoms with E-state index in [-0.39, 0.29) is 35.6 Å². The molecule has 3 aromatic heterocycles. The standard InChI is InChI=1S/C24H20ClF2N5O2/c1-13-8-14(2)28-18(9-13)22-30-21(20(34-22)15-4-5-16(25)17(26)10-15)32-7-6-19(29-23(32)33)31-11-24(3,27)12-31/h4-10H,11-12H2,1-3H3. The van der Waals surface area contributed by atoms with Crippen LogP contribution in [0.4, 0.5) is 14.6 Å². The second kappa shape index (κ2) is 8.02. The van der Waals surface area contributed by atoms with Gasteiger partial charge in [0.15, 0.2) is 11.6 Å². The van der Waals surface area contributed by atoms with Crippen LogP contribution in [0, 0.1) is 19.7 Å². The van der Waals surface area contributed by atoms with Crippen LogP contribution in [-0.4, -0.2) is 38.3 Å². The average molecular weight is 484 g/mol. The van der Waals surface area contributed by atoms with E-state index in [1.165, 1.54) is 29.8 Å². The first-order valence-electron chi connectivity index (χ1n) is 10.6. The number of halogens is 3. The molecular weight excluding hydrogens is 464 g/mol. The third kappa shape index (κ3) is 4.07. The molecule has 34 heavy (non-hydrogen) atoms. The third-order valence-corrected chi connectivity index (χ3v) is 5.80. The van der Waals surface area contributed by atoms with Crippen molar-refractivity contribution >= 4 is 17.4 Å². The van der Waals surface area contributed by atoms with E-state index < -0.39 is 17.2 Å². The van der Waals surface area contributed by atoms with Crippen LogP contribution in [0.25, 0.3) is 28.7 Å². The molecule has 174 valence electrons. The molecule has 0 aliphatic carbocycles. The molecule has 0 amide bonds. The van der Waals surface area contributed by atoms with Crippen LogP contribution in [0.1, 0.15) is 18.2 Å². The maximum Gasteiger partial charge on any atom is 0.355 e. The highest BCUT2D eigenvalue weighted by Crippen LogP contribution is 2.34. The minimum Gasteiger partial charge on any atom is -0.432 e. The fourth-order valence-corrected chi connectivity index (χ4v) is 4.12. The van der Waals surface area contributed by atoms with E-state index in [1.807, 2.05) is 19.9 Å². The fraction of sp³-hybridized carbons (Fsp3) is 0.250. The molecule has 1 saturated heterocycles. The predicted octanol–water partition coefficient (Wildman–Crippen LogP) is 4.91. The Kier molecular flexibility index (Phi) is 5.24. The van der Waals surface area contributed by atoms with Crippen LogP contribution >= 0.6 is 11.6 Å². The number of hydrogen-bond acceptors (Lipinski definition) is 6. The molecule has 7 nitrogen and oxygen atoms in total. The molecule has 4 heterocycles. The van der Waals surface area contributed by atoms with E-state index in [1.54, 1.807) is 23.1 Å². The summed E-state index contributed by atoms with van der Waals surface area (Å²) in [5, 5.41) is -0.0430. The van der Waals surface area contributed by atoms with Crippen molar-refractivity contribution < 1.29 is 13.2 Å². The number of rotatable bonds is 4. The molecule has 0 spiro atoms. The second-order valence-electron chi connectivity index (χ2n) is 8.68. The Balaban J connectivity index is 1.64. The van der Waals surface area contributed by atoms with E-state index in [2.05, 4.69) is 15.0 Å². The summed E-state index contributed by atoms with van der Waals surface area (Å²) in [7, 11) is 0. The topological polar surface area (TPSA) is 77.1 Å². The van der Waals surface area contributed by atoms with Crippen molar-refractivity contribution in [1.82, 2.24) is 19.5 Å². The van der Waals surface area contributed by atoms with Gasteiger partial charge in [-0.15, -0.1) is 0 Å². The van der Waals surface area contributed by atoms with Crippen molar-refractivity contribution in [1.29, 1.82) is 0 Å². The molecule has 0 atom stereocenters. The van der Waals surface area contributed by atoms with E-state index in [0.29, 0.717) is 17.1 Å². The fourth-order valence-electron chi connectivity index (χ4n) is 4.00. The second-order valence-corrected chi connectivity index (χ2v) is 9.09. The Hall–Kier alpha value is -3.59. The van der Waals surface area contributed by atoms with Gasteiger partial charge in [-0.25, -0.2) is 23.1 Å². The molecule has 0 radical (unpaired) electrons. The number of hydrogen-bond donors (Lipinski definition) is 0.